The van der Waals surface area contributed by atoms with E-state index in [4.69, 9.17) is 14.7 Å². The Labute approximate surface area is 154 Å². The Kier molecular flexibility index (Phi) is 4.60. The summed E-state index contributed by atoms with van der Waals surface area (Å²) in [5.74, 6) is 1.35. The second-order valence-electron chi connectivity index (χ2n) is 7.28. The summed E-state index contributed by atoms with van der Waals surface area (Å²) in [5.41, 5.74) is 5.05. The first kappa shape index (κ1) is 17.0. The first-order valence-corrected chi connectivity index (χ1v) is 9.25. The molecule has 0 saturated carbocycles. The molecule has 1 atom stereocenters. The molecule has 1 aliphatic rings. The van der Waals surface area contributed by atoms with Gasteiger partial charge in [-0.15, -0.1) is 0 Å². The van der Waals surface area contributed by atoms with E-state index in [1.807, 2.05) is 12.1 Å². The van der Waals surface area contributed by atoms with E-state index < -0.39 is 0 Å². The van der Waals surface area contributed by atoms with Crippen LogP contribution in [-0.2, 0) is 0 Å². The molecule has 1 aromatic carbocycles. The average molecular weight is 347 g/mol. The Morgan fingerprint density at radius 2 is 1.92 bits per heavy atom. The number of nitrogens with zero attached hydrogens (tertiary/aromatic N) is 3. The molecule has 4 nitrogen and oxygen atoms in total. The molecule has 3 aromatic rings. The van der Waals surface area contributed by atoms with Gasteiger partial charge < -0.3 is 9.64 Å². The lowest BCUT2D eigenvalue weighted by Crippen LogP contribution is -2.31. The van der Waals surface area contributed by atoms with Crippen molar-refractivity contribution >= 4 is 11.0 Å². The van der Waals surface area contributed by atoms with E-state index in [-0.39, 0.29) is 0 Å². The Hall–Kier alpha value is -2.46. The van der Waals surface area contributed by atoms with Crippen molar-refractivity contribution in [2.45, 2.75) is 25.7 Å². The maximum atomic E-state index is 5.56. The number of likely N-dealkylation sites (N-methyl/N-ethyl adjacent to an activating group) is 1. The fourth-order valence-electron chi connectivity index (χ4n) is 3.81. The van der Waals surface area contributed by atoms with Crippen molar-refractivity contribution < 1.29 is 4.74 Å². The molecule has 4 heteroatoms. The number of hydrogen-bond donors (Lipinski definition) is 0. The van der Waals surface area contributed by atoms with E-state index in [1.54, 1.807) is 7.11 Å². The van der Waals surface area contributed by atoms with Crippen molar-refractivity contribution in [3.8, 4) is 17.0 Å². The predicted molar refractivity (Wildman–Crippen MR) is 106 cm³/mol. The first-order valence-electron chi connectivity index (χ1n) is 9.25. The Morgan fingerprint density at radius 3 is 2.73 bits per heavy atom. The third kappa shape index (κ3) is 3.29. The minimum Gasteiger partial charge on any atom is -0.496 e. The van der Waals surface area contributed by atoms with E-state index in [1.165, 1.54) is 24.9 Å². The maximum absolute atomic E-state index is 5.56. The smallest absolute Gasteiger partial charge is 0.160 e. The fourth-order valence-corrected chi connectivity index (χ4v) is 3.81. The summed E-state index contributed by atoms with van der Waals surface area (Å²) in [5, 5.41) is 1.08. The highest BCUT2D eigenvalue weighted by Crippen LogP contribution is 2.31. The number of pyridine rings is 2. The Morgan fingerprint density at radius 1 is 1.08 bits per heavy atom. The van der Waals surface area contributed by atoms with Gasteiger partial charge in [-0.05, 0) is 75.3 Å². The quantitative estimate of drug-likeness (QED) is 0.703. The number of piperidine rings is 1. The van der Waals surface area contributed by atoms with Crippen LogP contribution in [0.25, 0.3) is 22.3 Å². The molecule has 0 N–H and O–H groups in total. The van der Waals surface area contributed by atoms with Gasteiger partial charge in [0.1, 0.15) is 5.75 Å². The summed E-state index contributed by atoms with van der Waals surface area (Å²) in [7, 11) is 3.89. The number of likely N-dealkylation sites (tertiary alicyclic amines) is 1. The minimum atomic E-state index is 0.498. The molecule has 0 amide bonds. The highest BCUT2D eigenvalue weighted by molar-refractivity contribution is 5.80. The standard InChI is InChI=1S/C22H25N3O/c1-15-6-9-18(21(13-15)26-3)20-11-8-16-7-10-19(23-22(16)24-20)17-5-4-12-25(2)14-17/h6-11,13,17H,4-5,12,14H2,1-3H3. The molecule has 4 rings (SSSR count). The zero-order valence-corrected chi connectivity index (χ0v) is 15.7. The molecule has 2 aromatic heterocycles. The SMILES string of the molecule is COc1cc(C)ccc1-c1ccc2ccc(C3CCCN(C)C3)nc2n1. The normalized spacial score (nSPS) is 18.2. The molecule has 1 fully saturated rings. The van der Waals surface area contributed by atoms with Crippen molar-refractivity contribution in [3.05, 3.63) is 53.7 Å². The van der Waals surface area contributed by atoms with E-state index in [0.717, 1.165) is 40.3 Å². The van der Waals surface area contributed by atoms with Crippen LogP contribution in [-0.4, -0.2) is 42.1 Å². The summed E-state index contributed by atoms with van der Waals surface area (Å²) < 4.78 is 5.56. The van der Waals surface area contributed by atoms with Crippen molar-refractivity contribution in [3.63, 3.8) is 0 Å². The molecule has 0 radical (unpaired) electrons. The van der Waals surface area contributed by atoms with Crippen molar-refractivity contribution in [2.24, 2.45) is 0 Å². The molecule has 0 aliphatic carbocycles. The number of ether oxygens (including phenoxy) is 1. The van der Waals surface area contributed by atoms with Crippen molar-refractivity contribution in [1.29, 1.82) is 0 Å². The number of rotatable bonds is 3. The van der Waals surface area contributed by atoms with Crippen LogP contribution >= 0.6 is 0 Å². The number of aromatic nitrogens is 2. The van der Waals surface area contributed by atoms with Gasteiger partial charge >= 0.3 is 0 Å². The van der Waals surface area contributed by atoms with Crippen LogP contribution in [0.5, 0.6) is 5.75 Å². The lowest BCUT2D eigenvalue weighted by molar-refractivity contribution is 0.248. The summed E-state index contributed by atoms with van der Waals surface area (Å²) in [4.78, 5) is 12.2. The van der Waals surface area contributed by atoms with E-state index in [9.17, 15) is 0 Å². The van der Waals surface area contributed by atoms with Crippen LogP contribution in [0.2, 0.25) is 0 Å². The Balaban J connectivity index is 1.74. The molecule has 1 saturated heterocycles. The summed E-state index contributed by atoms with van der Waals surface area (Å²) >= 11 is 0. The Bertz CT molecular complexity index is 938. The van der Waals surface area contributed by atoms with Crippen molar-refractivity contribution in [1.82, 2.24) is 14.9 Å². The molecule has 1 unspecified atom stereocenters. The first-order chi connectivity index (χ1) is 12.6. The molecule has 26 heavy (non-hydrogen) atoms. The number of methoxy groups -OCH3 is 1. The summed E-state index contributed by atoms with van der Waals surface area (Å²) in [6.45, 7) is 4.32. The lowest BCUT2D eigenvalue weighted by atomic mass is 9.94. The molecule has 0 bridgehead atoms. The van der Waals surface area contributed by atoms with Gasteiger partial charge in [-0.25, -0.2) is 9.97 Å². The average Bonchev–Trinajstić information content (AvgIpc) is 2.67. The zero-order valence-electron chi connectivity index (χ0n) is 15.7. The van der Waals surface area contributed by atoms with Gasteiger partial charge in [0, 0.05) is 29.1 Å². The second kappa shape index (κ2) is 7.04. The molecule has 3 heterocycles. The third-order valence-electron chi connectivity index (χ3n) is 5.25. The van der Waals surface area contributed by atoms with Crippen LogP contribution in [0.15, 0.2) is 42.5 Å². The van der Waals surface area contributed by atoms with Gasteiger partial charge in [0.2, 0.25) is 0 Å². The second-order valence-corrected chi connectivity index (χ2v) is 7.28. The van der Waals surface area contributed by atoms with Crippen LogP contribution in [0.4, 0.5) is 0 Å². The highest BCUT2D eigenvalue weighted by atomic mass is 16.5. The minimum absolute atomic E-state index is 0.498. The molecule has 134 valence electrons. The van der Waals surface area contributed by atoms with Gasteiger partial charge in [0.25, 0.3) is 0 Å². The zero-order chi connectivity index (χ0) is 18.1. The van der Waals surface area contributed by atoms with Gasteiger partial charge in [-0.3, -0.25) is 0 Å². The molecular formula is C22H25N3O. The van der Waals surface area contributed by atoms with Crippen LogP contribution in [0, 0.1) is 6.92 Å². The van der Waals surface area contributed by atoms with E-state index >= 15 is 0 Å². The van der Waals surface area contributed by atoms with E-state index in [2.05, 4.69) is 49.2 Å². The highest BCUT2D eigenvalue weighted by Gasteiger charge is 2.20. The monoisotopic (exact) mass is 347 g/mol. The third-order valence-corrected chi connectivity index (χ3v) is 5.25. The molecule has 0 spiro atoms. The molecule has 1 aliphatic heterocycles. The summed E-state index contributed by atoms with van der Waals surface area (Å²) in [6, 6.07) is 14.7. The van der Waals surface area contributed by atoms with Crippen molar-refractivity contribution in [2.75, 3.05) is 27.2 Å². The topological polar surface area (TPSA) is 38.2 Å². The van der Waals surface area contributed by atoms with Gasteiger partial charge in [-0.2, -0.15) is 0 Å². The predicted octanol–water partition coefficient (Wildman–Crippen LogP) is 4.42. The number of hydrogen-bond acceptors (Lipinski definition) is 4. The van der Waals surface area contributed by atoms with Gasteiger partial charge in [0.05, 0.1) is 12.8 Å². The lowest BCUT2D eigenvalue weighted by Gasteiger charge is -2.29. The fraction of sp³-hybridized carbons (Fsp3) is 0.364. The summed E-state index contributed by atoms with van der Waals surface area (Å²) in [6.07, 6.45) is 2.43. The number of fused-ring (bicyclic) bond motifs is 1. The maximum Gasteiger partial charge on any atom is 0.160 e. The van der Waals surface area contributed by atoms with Gasteiger partial charge in [0.15, 0.2) is 5.65 Å². The largest absolute Gasteiger partial charge is 0.496 e. The molecular weight excluding hydrogens is 322 g/mol. The number of benzene rings is 1. The number of aryl methyl sites for hydroxylation is 1. The van der Waals surface area contributed by atoms with Crippen LogP contribution < -0.4 is 4.74 Å². The van der Waals surface area contributed by atoms with Crippen LogP contribution in [0.1, 0.15) is 30.0 Å². The van der Waals surface area contributed by atoms with E-state index in [0.29, 0.717) is 5.92 Å². The van der Waals surface area contributed by atoms with Crippen LogP contribution in [0.3, 0.4) is 0 Å². The van der Waals surface area contributed by atoms with Gasteiger partial charge in [-0.1, -0.05) is 6.07 Å².